The minimum absolute atomic E-state index is 0.596. The Morgan fingerprint density at radius 1 is 1.04 bits per heavy atom. The minimum Gasteiger partial charge on any atom is -0.0998 e. The van der Waals surface area contributed by atoms with E-state index in [0.717, 1.165) is 29.6 Å². The van der Waals surface area contributed by atoms with E-state index < -0.39 is 0 Å². The van der Waals surface area contributed by atoms with Gasteiger partial charge in [-0.05, 0) is 86.4 Å². The van der Waals surface area contributed by atoms with E-state index in [1.54, 1.807) is 0 Å². The van der Waals surface area contributed by atoms with Crippen molar-refractivity contribution in [1.82, 2.24) is 0 Å². The Balaban J connectivity index is 2.02. The largest absolute Gasteiger partial charge is 0.0998 e. The molecule has 0 N–H and O–H groups in total. The highest BCUT2D eigenvalue weighted by Gasteiger charge is 2.38. The molecule has 24 heavy (non-hydrogen) atoms. The molecule has 0 aliphatic heterocycles. The Kier molecular flexibility index (Phi) is 7.44. The summed E-state index contributed by atoms with van der Waals surface area (Å²) in [5.41, 5.74) is 2.14. The van der Waals surface area contributed by atoms with Gasteiger partial charge in [0.15, 0.2) is 0 Å². The fourth-order valence-electron chi connectivity index (χ4n) is 5.91. The highest BCUT2D eigenvalue weighted by Crippen LogP contribution is 2.51. The lowest BCUT2D eigenvalue weighted by Crippen LogP contribution is -2.33. The van der Waals surface area contributed by atoms with Gasteiger partial charge in [0.2, 0.25) is 0 Å². The second kappa shape index (κ2) is 8.91. The molecule has 0 radical (unpaired) electrons. The molecule has 0 heteroatoms. The van der Waals surface area contributed by atoms with Crippen LogP contribution in [0.4, 0.5) is 0 Å². The summed E-state index contributed by atoms with van der Waals surface area (Å²) in [6, 6.07) is 0. The summed E-state index contributed by atoms with van der Waals surface area (Å²) in [7, 11) is 0. The topological polar surface area (TPSA) is 0 Å². The third kappa shape index (κ3) is 5.92. The van der Waals surface area contributed by atoms with E-state index in [1.165, 1.54) is 76.2 Å². The Hall–Kier alpha value is -0.260. The second-order valence-electron chi connectivity index (χ2n) is 10.4. The summed E-state index contributed by atoms with van der Waals surface area (Å²) in [5.74, 6) is 4.57. The zero-order valence-corrected chi connectivity index (χ0v) is 17.4. The van der Waals surface area contributed by atoms with Crippen molar-refractivity contribution in [2.45, 2.75) is 105 Å². The molecular formula is C24H44. The minimum atomic E-state index is 0.596. The van der Waals surface area contributed by atoms with E-state index in [-0.39, 0.29) is 0 Å². The van der Waals surface area contributed by atoms with Crippen LogP contribution < -0.4 is 0 Å². The molecule has 0 amide bonds. The molecule has 2 atom stereocenters. The molecule has 0 aromatic rings. The van der Waals surface area contributed by atoms with Crippen molar-refractivity contribution in [3.63, 3.8) is 0 Å². The third-order valence-corrected chi connectivity index (χ3v) is 7.12. The average Bonchev–Trinajstić information content (AvgIpc) is 2.46. The van der Waals surface area contributed by atoms with Crippen molar-refractivity contribution in [3.05, 3.63) is 12.2 Å². The van der Waals surface area contributed by atoms with Crippen LogP contribution in [-0.4, -0.2) is 0 Å². The molecule has 2 aliphatic rings. The van der Waals surface area contributed by atoms with Gasteiger partial charge in [-0.2, -0.15) is 0 Å². The lowest BCUT2D eigenvalue weighted by Gasteiger charge is -2.45. The van der Waals surface area contributed by atoms with Crippen LogP contribution >= 0.6 is 0 Å². The molecule has 0 aromatic heterocycles. The molecule has 0 nitrogen and oxygen atoms in total. The van der Waals surface area contributed by atoms with Gasteiger partial charge in [0.25, 0.3) is 0 Å². The first-order valence-electron chi connectivity index (χ1n) is 11.0. The fraction of sp³-hybridized carbons (Fsp3) is 0.917. The molecule has 140 valence electrons. The normalized spacial score (nSPS) is 34.7. The van der Waals surface area contributed by atoms with Gasteiger partial charge in [-0.15, -0.1) is 0 Å². The first-order valence-corrected chi connectivity index (χ1v) is 11.0. The Morgan fingerprint density at radius 3 is 2.25 bits per heavy atom. The van der Waals surface area contributed by atoms with Crippen LogP contribution in [0.15, 0.2) is 12.2 Å². The van der Waals surface area contributed by atoms with Crippen LogP contribution in [0, 0.1) is 35.0 Å². The predicted molar refractivity (Wildman–Crippen MR) is 108 cm³/mol. The van der Waals surface area contributed by atoms with E-state index in [9.17, 15) is 0 Å². The van der Waals surface area contributed by atoms with Gasteiger partial charge in [-0.1, -0.05) is 66.0 Å². The van der Waals surface area contributed by atoms with Crippen molar-refractivity contribution in [1.29, 1.82) is 0 Å². The van der Waals surface area contributed by atoms with Crippen LogP contribution in [0.5, 0.6) is 0 Å². The van der Waals surface area contributed by atoms with Gasteiger partial charge < -0.3 is 0 Å². The molecule has 2 rings (SSSR count). The Bertz CT molecular complexity index is 381. The van der Waals surface area contributed by atoms with Crippen LogP contribution in [-0.2, 0) is 0 Å². The third-order valence-electron chi connectivity index (χ3n) is 7.12. The van der Waals surface area contributed by atoms with Gasteiger partial charge in [0.1, 0.15) is 0 Å². The maximum Gasteiger partial charge on any atom is -0.0258 e. The Labute approximate surface area is 152 Å². The van der Waals surface area contributed by atoms with Gasteiger partial charge >= 0.3 is 0 Å². The number of allylic oxidation sites excluding steroid dienone is 1. The second-order valence-corrected chi connectivity index (χ2v) is 10.4. The average molecular weight is 333 g/mol. The predicted octanol–water partition coefficient (Wildman–Crippen LogP) is 8.03. The molecule has 0 bridgehead atoms. The molecule has 2 saturated carbocycles. The van der Waals surface area contributed by atoms with Crippen molar-refractivity contribution in [2.75, 3.05) is 0 Å². The lowest BCUT2D eigenvalue weighted by atomic mass is 9.60. The summed E-state index contributed by atoms with van der Waals surface area (Å²) in [6.45, 7) is 16.5. The SMILES string of the molecule is C=C(CC(C)C)CC1(CC2CCCC(C)C2)CCC(C(C)C)CC1. The summed E-state index contributed by atoms with van der Waals surface area (Å²) in [5, 5.41) is 0. The van der Waals surface area contributed by atoms with Crippen LogP contribution in [0.2, 0.25) is 0 Å². The smallest absolute Gasteiger partial charge is 0.0258 e. The quantitative estimate of drug-likeness (QED) is 0.414. The Morgan fingerprint density at radius 2 is 1.71 bits per heavy atom. The van der Waals surface area contributed by atoms with Crippen molar-refractivity contribution in [3.8, 4) is 0 Å². The summed E-state index contributed by atoms with van der Waals surface area (Å²) >= 11 is 0. The van der Waals surface area contributed by atoms with Gasteiger partial charge in [0, 0.05) is 0 Å². The van der Waals surface area contributed by atoms with Crippen molar-refractivity contribution < 1.29 is 0 Å². The summed E-state index contributed by atoms with van der Waals surface area (Å²) < 4.78 is 0. The maximum absolute atomic E-state index is 4.50. The van der Waals surface area contributed by atoms with Crippen molar-refractivity contribution >= 4 is 0 Å². The standard InChI is InChI=1S/C24H44/c1-18(2)14-21(6)16-24(12-10-23(11-13-24)19(3)4)17-22-9-7-8-20(5)15-22/h18-20,22-23H,6-17H2,1-5H3. The molecule has 0 aromatic carbocycles. The van der Waals surface area contributed by atoms with Crippen LogP contribution in [0.3, 0.4) is 0 Å². The van der Waals surface area contributed by atoms with E-state index in [0.29, 0.717) is 5.41 Å². The molecule has 0 heterocycles. The number of rotatable bonds is 7. The van der Waals surface area contributed by atoms with E-state index >= 15 is 0 Å². The molecule has 0 spiro atoms. The first kappa shape index (κ1) is 20.1. The molecular weight excluding hydrogens is 288 g/mol. The van der Waals surface area contributed by atoms with Crippen molar-refractivity contribution in [2.24, 2.45) is 35.0 Å². The molecule has 2 unspecified atom stereocenters. The van der Waals surface area contributed by atoms with Crippen LogP contribution in [0.25, 0.3) is 0 Å². The van der Waals surface area contributed by atoms with E-state index in [2.05, 4.69) is 41.2 Å². The monoisotopic (exact) mass is 332 g/mol. The fourth-order valence-corrected chi connectivity index (χ4v) is 5.91. The first-order chi connectivity index (χ1) is 11.3. The molecule has 0 saturated heterocycles. The lowest BCUT2D eigenvalue weighted by molar-refractivity contribution is 0.0790. The molecule has 2 fully saturated rings. The van der Waals surface area contributed by atoms with E-state index in [1.807, 2.05) is 0 Å². The van der Waals surface area contributed by atoms with E-state index in [4.69, 9.17) is 0 Å². The number of hydrogen-bond acceptors (Lipinski definition) is 0. The van der Waals surface area contributed by atoms with Gasteiger partial charge in [-0.25, -0.2) is 0 Å². The highest BCUT2D eigenvalue weighted by atomic mass is 14.4. The maximum atomic E-state index is 4.50. The molecule has 2 aliphatic carbocycles. The highest BCUT2D eigenvalue weighted by molar-refractivity contribution is 5.03. The zero-order chi connectivity index (χ0) is 17.7. The number of hydrogen-bond donors (Lipinski definition) is 0. The van der Waals surface area contributed by atoms with Gasteiger partial charge in [0.05, 0.1) is 0 Å². The van der Waals surface area contributed by atoms with Crippen LogP contribution in [0.1, 0.15) is 105 Å². The van der Waals surface area contributed by atoms with Gasteiger partial charge in [-0.3, -0.25) is 0 Å². The summed E-state index contributed by atoms with van der Waals surface area (Å²) in [4.78, 5) is 0. The summed E-state index contributed by atoms with van der Waals surface area (Å²) in [6.07, 6.45) is 15.9. The zero-order valence-electron chi connectivity index (χ0n) is 17.4.